The van der Waals surface area contributed by atoms with E-state index in [2.05, 4.69) is 20.7 Å². The predicted octanol–water partition coefficient (Wildman–Crippen LogP) is 1.37. The average Bonchev–Trinajstić information content (AvgIpc) is 3.17. The highest BCUT2D eigenvalue weighted by Gasteiger charge is 2.21. The number of hydrogen-bond donors (Lipinski definition) is 3. The number of nitrogens with zero attached hydrogens (tertiary/aromatic N) is 1. The molecule has 2 aromatic carbocycles. The van der Waals surface area contributed by atoms with Crippen LogP contribution in [0.3, 0.4) is 0 Å². The molecule has 0 spiro atoms. The molecule has 0 aliphatic carbocycles. The number of carbonyl (C=O) groups is 4. The molecule has 1 heterocycles. The highest BCUT2D eigenvalue weighted by molar-refractivity contribution is 6.06. The summed E-state index contributed by atoms with van der Waals surface area (Å²) in [5, 5.41) is 7.88. The summed E-state index contributed by atoms with van der Waals surface area (Å²) in [7, 11) is 1.23. The standard InChI is InChI=1S/C20H20N4O5/c1-29-17(25)12-22-18(26)13-4-2-6-15(10-13)23-19(27)14-5-3-7-16(11-14)24-9-8-21-20(24)28/h2-7,10-11H,8-9,12H2,1H3,(H,21,28)(H,22,26)(H,23,27). The average molecular weight is 396 g/mol. The molecule has 1 saturated heterocycles. The Hall–Kier alpha value is -3.88. The minimum absolute atomic E-state index is 0.201. The Labute approximate surface area is 167 Å². The number of benzene rings is 2. The Morgan fingerprint density at radius 1 is 1.07 bits per heavy atom. The van der Waals surface area contributed by atoms with Gasteiger partial charge in [-0.3, -0.25) is 19.3 Å². The van der Waals surface area contributed by atoms with E-state index in [1.807, 2.05) is 0 Å². The summed E-state index contributed by atoms with van der Waals surface area (Å²) >= 11 is 0. The van der Waals surface area contributed by atoms with Crippen molar-refractivity contribution in [3.8, 4) is 0 Å². The highest BCUT2D eigenvalue weighted by atomic mass is 16.5. The maximum Gasteiger partial charge on any atom is 0.325 e. The number of hydrogen-bond acceptors (Lipinski definition) is 5. The van der Waals surface area contributed by atoms with Crippen molar-refractivity contribution in [3.63, 3.8) is 0 Å². The summed E-state index contributed by atoms with van der Waals surface area (Å²) in [6.45, 7) is 0.843. The molecular formula is C20H20N4O5. The van der Waals surface area contributed by atoms with Gasteiger partial charge in [-0.15, -0.1) is 0 Å². The van der Waals surface area contributed by atoms with Gasteiger partial charge in [0.2, 0.25) is 0 Å². The second kappa shape index (κ2) is 8.87. The van der Waals surface area contributed by atoms with Gasteiger partial charge in [0.15, 0.2) is 0 Å². The van der Waals surface area contributed by atoms with Crippen LogP contribution in [0.15, 0.2) is 48.5 Å². The summed E-state index contributed by atoms with van der Waals surface area (Å²) in [5.74, 6) is -1.40. The molecule has 4 amide bonds. The normalized spacial score (nSPS) is 12.9. The minimum atomic E-state index is -0.561. The monoisotopic (exact) mass is 396 g/mol. The van der Waals surface area contributed by atoms with Crippen molar-refractivity contribution >= 4 is 35.2 Å². The van der Waals surface area contributed by atoms with Gasteiger partial charge in [-0.1, -0.05) is 12.1 Å². The zero-order valence-electron chi connectivity index (χ0n) is 15.7. The van der Waals surface area contributed by atoms with Gasteiger partial charge in [0, 0.05) is 35.6 Å². The topological polar surface area (TPSA) is 117 Å². The van der Waals surface area contributed by atoms with Gasteiger partial charge in [-0.25, -0.2) is 4.79 Å². The van der Waals surface area contributed by atoms with E-state index >= 15 is 0 Å². The van der Waals surface area contributed by atoms with Crippen molar-refractivity contribution in [2.24, 2.45) is 0 Å². The van der Waals surface area contributed by atoms with Crippen molar-refractivity contribution in [2.45, 2.75) is 0 Å². The van der Waals surface area contributed by atoms with Gasteiger partial charge in [-0.05, 0) is 36.4 Å². The number of esters is 1. The third kappa shape index (κ3) is 4.89. The molecule has 0 saturated carbocycles. The van der Waals surface area contributed by atoms with E-state index in [0.717, 1.165) is 0 Å². The van der Waals surface area contributed by atoms with Crippen LogP contribution in [0, 0.1) is 0 Å². The van der Waals surface area contributed by atoms with Gasteiger partial charge in [0.1, 0.15) is 6.54 Å². The van der Waals surface area contributed by atoms with Crippen molar-refractivity contribution in [1.29, 1.82) is 0 Å². The van der Waals surface area contributed by atoms with Crippen molar-refractivity contribution < 1.29 is 23.9 Å². The minimum Gasteiger partial charge on any atom is -0.468 e. The SMILES string of the molecule is COC(=O)CNC(=O)c1cccc(NC(=O)c2cccc(N3CCNC3=O)c2)c1. The lowest BCUT2D eigenvalue weighted by atomic mass is 10.1. The number of ether oxygens (including phenoxy) is 1. The Bertz CT molecular complexity index is 959. The van der Waals surface area contributed by atoms with Gasteiger partial charge in [0.25, 0.3) is 11.8 Å². The third-order valence-corrected chi connectivity index (χ3v) is 4.28. The lowest BCUT2D eigenvalue weighted by Gasteiger charge is -2.15. The number of anilines is 2. The Morgan fingerprint density at radius 2 is 1.79 bits per heavy atom. The molecular weight excluding hydrogens is 376 g/mol. The largest absolute Gasteiger partial charge is 0.468 e. The molecule has 1 aliphatic rings. The molecule has 150 valence electrons. The van der Waals surface area contributed by atoms with E-state index in [0.29, 0.717) is 30.0 Å². The van der Waals surface area contributed by atoms with Crippen LogP contribution in [0.4, 0.5) is 16.2 Å². The van der Waals surface area contributed by atoms with Gasteiger partial charge >= 0.3 is 12.0 Å². The molecule has 0 atom stereocenters. The van der Waals surface area contributed by atoms with Crippen molar-refractivity contribution in [3.05, 3.63) is 59.7 Å². The fourth-order valence-corrected chi connectivity index (χ4v) is 2.80. The van der Waals surface area contributed by atoms with Crippen LogP contribution in [0.25, 0.3) is 0 Å². The van der Waals surface area contributed by atoms with Crippen molar-refractivity contribution in [1.82, 2.24) is 10.6 Å². The van der Waals surface area contributed by atoms with Gasteiger partial charge in [-0.2, -0.15) is 0 Å². The number of urea groups is 1. The first-order valence-corrected chi connectivity index (χ1v) is 8.90. The molecule has 9 nitrogen and oxygen atoms in total. The van der Waals surface area contributed by atoms with E-state index in [1.165, 1.54) is 13.2 Å². The molecule has 3 rings (SSSR count). The zero-order valence-corrected chi connectivity index (χ0v) is 15.7. The number of nitrogens with one attached hydrogen (secondary N) is 3. The summed E-state index contributed by atoms with van der Waals surface area (Å²) in [6, 6.07) is 12.9. The fourth-order valence-electron chi connectivity index (χ4n) is 2.80. The quantitative estimate of drug-likeness (QED) is 0.638. The van der Waals surface area contributed by atoms with Crippen LogP contribution in [0.2, 0.25) is 0 Å². The number of rotatable bonds is 6. The van der Waals surface area contributed by atoms with Crippen LogP contribution in [0.1, 0.15) is 20.7 Å². The molecule has 9 heteroatoms. The van der Waals surface area contributed by atoms with E-state index in [-0.39, 0.29) is 24.0 Å². The maximum absolute atomic E-state index is 12.6. The molecule has 0 radical (unpaired) electrons. The first kappa shape index (κ1) is 19.9. The van der Waals surface area contributed by atoms with Crippen LogP contribution in [-0.4, -0.2) is 50.6 Å². The number of amides is 4. The molecule has 1 fully saturated rings. The van der Waals surface area contributed by atoms with Crippen LogP contribution >= 0.6 is 0 Å². The zero-order chi connectivity index (χ0) is 20.8. The van der Waals surface area contributed by atoms with E-state index in [9.17, 15) is 19.2 Å². The lowest BCUT2D eigenvalue weighted by molar-refractivity contribution is -0.139. The summed E-state index contributed by atoms with van der Waals surface area (Å²) in [5.41, 5.74) is 1.71. The number of carbonyl (C=O) groups excluding carboxylic acids is 4. The highest BCUT2D eigenvalue weighted by Crippen LogP contribution is 2.19. The summed E-state index contributed by atoms with van der Waals surface area (Å²) < 4.78 is 4.48. The molecule has 1 aliphatic heterocycles. The first-order valence-electron chi connectivity index (χ1n) is 8.90. The molecule has 0 aromatic heterocycles. The number of methoxy groups -OCH3 is 1. The van der Waals surface area contributed by atoms with E-state index < -0.39 is 11.9 Å². The predicted molar refractivity (Wildman–Crippen MR) is 106 cm³/mol. The second-order valence-electron chi connectivity index (χ2n) is 6.23. The smallest absolute Gasteiger partial charge is 0.325 e. The Balaban J connectivity index is 1.69. The maximum atomic E-state index is 12.6. The Morgan fingerprint density at radius 3 is 2.48 bits per heavy atom. The lowest BCUT2D eigenvalue weighted by Crippen LogP contribution is -2.30. The van der Waals surface area contributed by atoms with E-state index in [1.54, 1.807) is 47.4 Å². The van der Waals surface area contributed by atoms with Crippen LogP contribution < -0.4 is 20.9 Å². The molecule has 29 heavy (non-hydrogen) atoms. The van der Waals surface area contributed by atoms with Crippen LogP contribution in [-0.2, 0) is 9.53 Å². The van der Waals surface area contributed by atoms with Gasteiger partial charge in [0.05, 0.1) is 7.11 Å². The molecule has 0 bridgehead atoms. The second-order valence-corrected chi connectivity index (χ2v) is 6.23. The molecule has 3 N–H and O–H groups in total. The van der Waals surface area contributed by atoms with Gasteiger partial charge < -0.3 is 20.7 Å². The fraction of sp³-hybridized carbons (Fsp3) is 0.200. The first-order chi connectivity index (χ1) is 14.0. The van der Waals surface area contributed by atoms with Crippen molar-refractivity contribution in [2.75, 3.05) is 37.0 Å². The summed E-state index contributed by atoms with van der Waals surface area (Å²) in [6.07, 6.45) is 0. The third-order valence-electron chi connectivity index (χ3n) is 4.28. The van der Waals surface area contributed by atoms with Crippen LogP contribution in [0.5, 0.6) is 0 Å². The Kier molecular flexibility index (Phi) is 6.08. The summed E-state index contributed by atoms with van der Waals surface area (Å²) in [4.78, 5) is 49.2. The molecule has 0 unspecified atom stereocenters. The molecule has 2 aromatic rings. The van der Waals surface area contributed by atoms with E-state index in [4.69, 9.17) is 0 Å².